The number of rotatable bonds is 5. The lowest BCUT2D eigenvalue weighted by Crippen LogP contribution is -2.38. The van der Waals surface area contributed by atoms with Crippen LogP contribution in [0.15, 0.2) is 24.3 Å². The molecule has 0 amide bonds. The standard InChI is InChI=1S/C18H29NO/c1-14(2)13-20-16-9-7-8-15(12-16)19-17-10-5-6-11-18(17,3)4/h7-9,12,14,17,19H,5-6,10-11,13H2,1-4H3. The zero-order chi connectivity index (χ0) is 14.6. The summed E-state index contributed by atoms with van der Waals surface area (Å²) in [5, 5.41) is 3.72. The average molecular weight is 275 g/mol. The van der Waals surface area contributed by atoms with Crippen molar-refractivity contribution in [3.8, 4) is 5.75 Å². The molecule has 112 valence electrons. The third kappa shape index (κ3) is 4.16. The van der Waals surface area contributed by atoms with E-state index in [0.29, 0.717) is 17.4 Å². The van der Waals surface area contributed by atoms with Crippen molar-refractivity contribution in [3.63, 3.8) is 0 Å². The Labute approximate surface area is 123 Å². The quantitative estimate of drug-likeness (QED) is 0.807. The lowest BCUT2D eigenvalue weighted by Gasteiger charge is -2.39. The summed E-state index contributed by atoms with van der Waals surface area (Å²) in [5.41, 5.74) is 1.57. The number of ether oxygens (including phenoxy) is 1. The van der Waals surface area contributed by atoms with Gasteiger partial charge in [-0.15, -0.1) is 0 Å². The molecule has 20 heavy (non-hydrogen) atoms. The lowest BCUT2D eigenvalue weighted by atomic mass is 9.73. The molecule has 1 N–H and O–H groups in total. The number of hydrogen-bond donors (Lipinski definition) is 1. The second-order valence-corrected chi connectivity index (χ2v) is 7.16. The smallest absolute Gasteiger partial charge is 0.121 e. The molecule has 1 aliphatic rings. The first-order chi connectivity index (χ1) is 9.47. The molecule has 1 atom stereocenters. The van der Waals surface area contributed by atoms with Crippen molar-refractivity contribution in [2.75, 3.05) is 11.9 Å². The van der Waals surface area contributed by atoms with Crippen molar-refractivity contribution in [1.82, 2.24) is 0 Å². The maximum atomic E-state index is 5.81. The van der Waals surface area contributed by atoms with E-state index in [1.165, 1.54) is 31.4 Å². The molecule has 0 saturated heterocycles. The fourth-order valence-electron chi connectivity index (χ4n) is 2.90. The van der Waals surface area contributed by atoms with Crippen molar-refractivity contribution in [1.29, 1.82) is 0 Å². The van der Waals surface area contributed by atoms with E-state index in [1.54, 1.807) is 0 Å². The van der Waals surface area contributed by atoms with Gasteiger partial charge in [0.1, 0.15) is 5.75 Å². The van der Waals surface area contributed by atoms with Crippen molar-refractivity contribution >= 4 is 5.69 Å². The van der Waals surface area contributed by atoms with Crippen LogP contribution >= 0.6 is 0 Å². The molecule has 2 rings (SSSR count). The van der Waals surface area contributed by atoms with Crippen LogP contribution in [-0.4, -0.2) is 12.6 Å². The Morgan fingerprint density at radius 1 is 1.30 bits per heavy atom. The molecule has 2 heteroatoms. The van der Waals surface area contributed by atoms with Crippen LogP contribution in [-0.2, 0) is 0 Å². The van der Waals surface area contributed by atoms with E-state index in [-0.39, 0.29) is 0 Å². The Bertz CT molecular complexity index is 425. The van der Waals surface area contributed by atoms with Gasteiger partial charge in [-0.3, -0.25) is 0 Å². The topological polar surface area (TPSA) is 21.3 Å². The fourth-order valence-corrected chi connectivity index (χ4v) is 2.90. The summed E-state index contributed by atoms with van der Waals surface area (Å²) in [6.07, 6.45) is 5.28. The second-order valence-electron chi connectivity index (χ2n) is 7.16. The molecule has 0 aliphatic heterocycles. The Morgan fingerprint density at radius 3 is 2.80 bits per heavy atom. The van der Waals surface area contributed by atoms with Gasteiger partial charge >= 0.3 is 0 Å². The minimum atomic E-state index is 0.382. The average Bonchev–Trinajstić information content (AvgIpc) is 2.39. The fraction of sp³-hybridized carbons (Fsp3) is 0.667. The predicted octanol–water partition coefficient (Wildman–Crippen LogP) is 5.10. The molecule has 1 aromatic rings. The molecule has 1 aromatic carbocycles. The highest BCUT2D eigenvalue weighted by atomic mass is 16.5. The molecular formula is C18H29NO. The van der Waals surface area contributed by atoms with Crippen LogP contribution in [0.3, 0.4) is 0 Å². The van der Waals surface area contributed by atoms with Gasteiger partial charge in [-0.25, -0.2) is 0 Å². The van der Waals surface area contributed by atoms with Crippen molar-refractivity contribution in [2.24, 2.45) is 11.3 Å². The maximum Gasteiger partial charge on any atom is 0.121 e. The molecule has 0 radical (unpaired) electrons. The van der Waals surface area contributed by atoms with E-state index in [4.69, 9.17) is 4.74 Å². The van der Waals surface area contributed by atoms with Crippen molar-refractivity contribution < 1.29 is 4.74 Å². The number of anilines is 1. The van der Waals surface area contributed by atoms with Crippen LogP contribution in [0.25, 0.3) is 0 Å². The predicted molar refractivity (Wildman–Crippen MR) is 86.4 cm³/mol. The largest absolute Gasteiger partial charge is 0.493 e. The summed E-state index contributed by atoms with van der Waals surface area (Å²) in [6.45, 7) is 9.88. The van der Waals surface area contributed by atoms with Gasteiger partial charge in [0.15, 0.2) is 0 Å². The number of benzene rings is 1. The van der Waals surface area contributed by atoms with Gasteiger partial charge < -0.3 is 10.1 Å². The van der Waals surface area contributed by atoms with E-state index >= 15 is 0 Å². The maximum absolute atomic E-state index is 5.81. The van der Waals surface area contributed by atoms with Gasteiger partial charge in [0.2, 0.25) is 0 Å². The summed E-state index contributed by atoms with van der Waals surface area (Å²) >= 11 is 0. The van der Waals surface area contributed by atoms with Crippen molar-refractivity contribution in [3.05, 3.63) is 24.3 Å². The lowest BCUT2D eigenvalue weighted by molar-refractivity contribution is 0.217. The molecule has 1 saturated carbocycles. The van der Waals surface area contributed by atoms with Crippen LogP contribution in [0.5, 0.6) is 5.75 Å². The van der Waals surface area contributed by atoms with Gasteiger partial charge in [-0.1, -0.05) is 46.6 Å². The Morgan fingerprint density at radius 2 is 2.10 bits per heavy atom. The van der Waals surface area contributed by atoms with Crippen LogP contribution in [0.2, 0.25) is 0 Å². The molecule has 1 unspecified atom stereocenters. The van der Waals surface area contributed by atoms with Crippen molar-refractivity contribution in [2.45, 2.75) is 59.4 Å². The van der Waals surface area contributed by atoms with Crippen LogP contribution in [0, 0.1) is 11.3 Å². The zero-order valence-electron chi connectivity index (χ0n) is 13.4. The normalized spacial score (nSPS) is 21.8. The third-order valence-corrected chi connectivity index (χ3v) is 4.27. The highest BCUT2D eigenvalue weighted by Crippen LogP contribution is 2.37. The molecule has 1 aliphatic carbocycles. The minimum Gasteiger partial charge on any atom is -0.493 e. The van der Waals surface area contributed by atoms with Gasteiger partial charge in [0.05, 0.1) is 6.61 Å². The molecule has 0 bridgehead atoms. The van der Waals surface area contributed by atoms with Gasteiger partial charge in [0, 0.05) is 17.8 Å². The third-order valence-electron chi connectivity index (χ3n) is 4.27. The summed E-state index contributed by atoms with van der Waals surface area (Å²) in [7, 11) is 0. The number of hydrogen-bond acceptors (Lipinski definition) is 2. The molecule has 0 spiro atoms. The summed E-state index contributed by atoms with van der Waals surface area (Å²) in [4.78, 5) is 0. The van der Waals surface area contributed by atoms with E-state index in [2.05, 4.69) is 51.2 Å². The van der Waals surface area contributed by atoms with E-state index in [0.717, 1.165) is 12.4 Å². The van der Waals surface area contributed by atoms with E-state index < -0.39 is 0 Å². The van der Waals surface area contributed by atoms with E-state index in [1.807, 2.05) is 6.07 Å². The summed E-state index contributed by atoms with van der Waals surface area (Å²) in [5.74, 6) is 1.53. The Hall–Kier alpha value is -1.18. The van der Waals surface area contributed by atoms with Crippen LogP contribution in [0.4, 0.5) is 5.69 Å². The summed E-state index contributed by atoms with van der Waals surface area (Å²) < 4.78 is 5.81. The first-order valence-corrected chi connectivity index (χ1v) is 7.97. The second kappa shape index (κ2) is 6.51. The Balaban J connectivity index is 2.00. The van der Waals surface area contributed by atoms with E-state index in [9.17, 15) is 0 Å². The van der Waals surface area contributed by atoms with Crippen LogP contribution < -0.4 is 10.1 Å². The first kappa shape index (κ1) is 15.2. The molecular weight excluding hydrogens is 246 g/mol. The van der Waals surface area contributed by atoms with Gasteiger partial charge in [0.25, 0.3) is 0 Å². The molecule has 0 aromatic heterocycles. The molecule has 2 nitrogen and oxygen atoms in total. The zero-order valence-corrected chi connectivity index (χ0v) is 13.4. The minimum absolute atomic E-state index is 0.382. The highest BCUT2D eigenvalue weighted by molar-refractivity contribution is 5.49. The molecule has 0 heterocycles. The van der Waals surface area contributed by atoms with Crippen LogP contribution in [0.1, 0.15) is 53.4 Å². The van der Waals surface area contributed by atoms with Gasteiger partial charge in [-0.05, 0) is 36.3 Å². The highest BCUT2D eigenvalue weighted by Gasteiger charge is 2.31. The van der Waals surface area contributed by atoms with Gasteiger partial charge in [-0.2, -0.15) is 0 Å². The number of nitrogens with one attached hydrogen (secondary N) is 1. The monoisotopic (exact) mass is 275 g/mol. The summed E-state index contributed by atoms with van der Waals surface area (Å²) in [6, 6.07) is 8.96. The first-order valence-electron chi connectivity index (χ1n) is 7.97. The Kier molecular flexibility index (Phi) is 4.95. The SMILES string of the molecule is CC(C)COc1cccc(NC2CCCCC2(C)C)c1. The molecule has 1 fully saturated rings.